The number of para-hydroxylation sites is 1. The first-order valence-corrected chi connectivity index (χ1v) is 4.41. The highest BCUT2D eigenvalue weighted by Gasteiger charge is 1.96. The van der Waals surface area contributed by atoms with Crippen LogP contribution in [0.2, 0.25) is 0 Å². The lowest BCUT2D eigenvalue weighted by Gasteiger charge is -2.10. The third-order valence-electron chi connectivity index (χ3n) is 1.60. The fourth-order valence-corrected chi connectivity index (χ4v) is 0.900. The van der Waals surface area contributed by atoms with E-state index in [9.17, 15) is 9.90 Å². The summed E-state index contributed by atoms with van der Waals surface area (Å²) < 4.78 is 10.0. The van der Waals surface area contributed by atoms with Gasteiger partial charge < -0.3 is 19.4 Å². The Balaban J connectivity index is 2.18. The van der Waals surface area contributed by atoms with Crippen molar-refractivity contribution in [2.24, 2.45) is 0 Å². The quantitative estimate of drug-likeness (QED) is 0.383. The molecule has 1 rings (SSSR count). The molecule has 0 radical (unpaired) electrons. The van der Waals surface area contributed by atoms with Crippen LogP contribution in [0.25, 0.3) is 0 Å². The molecule has 0 unspecified atom stereocenters. The van der Waals surface area contributed by atoms with Crippen LogP contribution in [0, 0.1) is 0 Å². The van der Waals surface area contributed by atoms with Crippen LogP contribution in [-0.4, -0.2) is 19.2 Å². The summed E-state index contributed by atoms with van der Waals surface area (Å²) in [5.41, 5.74) is 0. The van der Waals surface area contributed by atoms with Gasteiger partial charge in [0.2, 0.25) is 0 Å². The zero-order chi connectivity index (χ0) is 11.1. The Labute approximate surface area is 87.7 Å². The molecule has 1 aromatic rings. The Morgan fingerprint density at radius 1 is 1.27 bits per heavy atom. The van der Waals surface area contributed by atoms with E-state index in [4.69, 9.17) is 9.47 Å². The molecule has 0 aliphatic heterocycles. The molecule has 0 spiro atoms. The fourth-order valence-electron chi connectivity index (χ4n) is 0.900. The van der Waals surface area contributed by atoms with Crippen LogP contribution in [0.3, 0.4) is 0 Å². The van der Waals surface area contributed by atoms with Crippen molar-refractivity contribution < 1.29 is 19.4 Å². The predicted octanol–water partition coefficient (Wildman–Crippen LogP) is 0.346. The van der Waals surface area contributed by atoms with Gasteiger partial charge >= 0.3 is 0 Å². The molecule has 0 heterocycles. The second kappa shape index (κ2) is 5.70. The topological polar surface area (TPSA) is 58.6 Å². The van der Waals surface area contributed by atoms with Gasteiger partial charge in [-0.3, -0.25) is 0 Å². The number of rotatable bonds is 6. The summed E-state index contributed by atoms with van der Waals surface area (Å²) in [5, 5.41) is 10.2. The molecule has 0 aliphatic rings. The monoisotopic (exact) mass is 207 g/mol. The van der Waals surface area contributed by atoms with Crippen molar-refractivity contribution in [3.05, 3.63) is 42.7 Å². The van der Waals surface area contributed by atoms with Crippen LogP contribution >= 0.6 is 0 Å². The minimum Gasteiger partial charge on any atom is -0.542 e. The number of carbonyl (C=O) groups excluding carboxylic acids is 1. The molecule has 0 saturated heterocycles. The average molecular weight is 207 g/mol. The highest BCUT2D eigenvalue weighted by atomic mass is 16.5. The lowest BCUT2D eigenvalue weighted by molar-refractivity contribution is -0.303. The van der Waals surface area contributed by atoms with Gasteiger partial charge in [0.05, 0.1) is 0 Å². The summed E-state index contributed by atoms with van der Waals surface area (Å²) in [6.45, 7) is 3.55. The van der Waals surface area contributed by atoms with Crippen LogP contribution in [0.4, 0.5) is 0 Å². The van der Waals surface area contributed by atoms with Crippen LogP contribution in [0.1, 0.15) is 0 Å². The molecule has 15 heavy (non-hydrogen) atoms. The molecule has 1 aromatic carbocycles. The van der Waals surface area contributed by atoms with Crippen LogP contribution < -0.4 is 9.84 Å². The molecular weight excluding hydrogens is 196 g/mol. The molecule has 0 fully saturated rings. The molecule has 0 saturated carbocycles. The Morgan fingerprint density at radius 2 is 1.93 bits per heavy atom. The van der Waals surface area contributed by atoms with E-state index in [1.807, 2.05) is 18.2 Å². The van der Waals surface area contributed by atoms with E-state index < -0.39 is 5.97 Å². The third-order valence-corrected chi connectivity index (χ3v) is 1.60. The van der Waals surface area contributed by atoms with E-state index in [-0.39, 0.29) is 19.0 Å². The van der Waals surface area contributed by atoms with Gasteiger partial charge in [-0.15, -0.1) is 0 Å². The van der Waals surface area contributed by atoms with Crippen LogP contribution in [-0.2, 0) is 9.53 Å². The van der Waals surface area contributed by atoms with Crippen molar-refractivity contribution in [3.8, 4) is 5.75 Å². The van der Waals surface area contributed by atoms with Crippen LogP contribution in [0.5, 0.6) is 5.75 Å². The summed E-state index contributed by atoms with van der Waals surface area (Å²) >= 11 is 0. The van der Waals surface area contributed by atoms with Crippen molar-refractivity contribution in [1.82, 2.24) is 0 Å². The van der Waals surface area contributed by atoms with E-state index in [2.05, 4.69) is 6.58 Å². The lowest BCUT2D eigenvalue weighted by Crippen LogP contribution is -2.26. The molecule has 0 aliphatic carbocycles. The fraction of sp³-hybridized carbons (Fsp3) is 0.182. The molecule has 0 atom stereocenters. The van der Waals surface area contributed by atoms with Crippen molar-refractivity contribution >= 4 is 5.97 Å². The third kappa shape index (κ3) is 4.17. The maximum absolute atomic E-state index is 10.2. The summed E-state index contributed by atoms with van der Waals surface area (Å²) in [6.07, 6.45) is 0. The highest BCUT2D eigenvalue weighted by Crippen LogP contribution is 2.07. The summed E-state index contributed by atoms with van der Waals surface area (Å²) in [4.78, 5) is 10.2. The molecular formula is C11H11O4-. The summed E-state index contributed by atoms with van der Waals surface area (Å²) in [5.74, 6) is -1.08. The zero-order valence-corrected chi connectivity index (χ0v) is 8.14. The first kappa shape index (κ1) is 11.1. The Hall–Kier alpha value is -1.97. The second-order valence-electron chi connectivity index (χ2n) is 2.72. The van der Waals surface area contributed by atoms with E-state index in [0.29, 0.717) is 5.75 Å². The smallest absolute Gasteiger partial charge is 0.135 e. The number of benzene rings is 1. The Bertz CT molecular complexity index is 332. The van der Waals surface area contributed by atoms with Crippen molar-refractivity contribution in [2.75, 3.05) is 13.2 Å². The second-order valence-corrected chi connectivity index (χ2v) is 2.72. The number of carbonyl (C=O) groups is 1. The maximum atomic E-state index is 10.2. The van der Waals surface area contributed by atoms with Crippen molar-refractivity contribution in [3.63, 3.8) is 0 Å². The number of carboxylic acids is 1. The van der Waals surface area contributed by atoms with E-state index in [0.717, 1.165) is 0 Å². The molecule has 80 valence electrons. The Morgan fingerprint density at radius 3 is 2.53 bits per heavy atom. The largest absolute Gasteiger partial charge is 0.542 e. The van der Waals surface area contributed by atoms with Gasteiger partial charge in [-0.25, -0.2) is 0 Å². The molecule has 4 nitrogen and oxygen atoms in total. The first-order valence-electron chi connectivity index (χ1n) is 4.41. The lowest BCUT2D eigenvalue weighted by atomic mass is 10.3. The molecule has 4 heteroatoms. The molecule has 0 aromatic heterocycles. The van der Waals surface area contributed by atoms with Crippen molar-refractivity contribution in [2.45, 2.75) is 0 Å². The molecule has 0 bridgehead atoms. The number of aliphatic carboxylic acids is 1. The summed E-state index contributed by atoms with van der Waals surface area (Å²) in [6, 6.07) is 9.16. The Kier molecular flexibility index (Phi) is 4.22. The van der Waals surface area contributed by atoms with Gasteiger partial charge in [0.15, 0.2) is 0 Å². The number of hydrogen-bond acceptors (Lipinski definition) is 4. The maximum Gasteiger partial charge on any atom is 0.135 e. The number of ether oxygens (including phenoxy) is 2. The van der Waals surface area contributed by atoms with Crippen LogP contribution in [0.15, 0.2) is 42.7 Å². The zero-order valence-electron chi connectivity index (χ0n) is 8.14. The summed E-state index contributed by atoms with van der Waals surface area (Å²) in [7, 11) is 0. The number of hydrogen-bond donors (Lipinski definition) is 0. The predicted molar refractivity (Wildman–Crippen MR) is 52.0 cm³/mol. The standard InChI is InChI=1S/C11H12O4/c1-9(11(12)13)14-7-8-15-10-5-3-2-4-6-10/h2-6H,1,7-8H2,(H,12,13)/p-1. The normalized spacial score (nSPS) is 9.33. The van der Waals surface area contributed by atoms with Gasteiger partial charge in [0.1, 0.15) is 30.7 Å². The van der Waals surface area contributed by atoms with E-state index in [1.165, 1.54) is 0 Å². The van der Waals surface area contributed by atoms with Gasteiger partial charge in [-0.2, -0.15) is 0 Å². The SMILES string of the molecule is C=C(OCCOc1ccccc1)C(=O)[O-]. The average Bonchev–Trinajstić information content (AvgIpc) is 2.25. The van der Waals surface area contributed by atoms with Gasteiger partial charge in [-0.1, -0.05) is 24.8 Å². The van der Waals surface area contributed by atoms with Crippen molar-refractivity contribution in [1.29, 1.82) is 0 Å². The van der Waals surface area contributed by atoms with E-state index in [1.54, 1.807) is 12.1 Å². The van der Waals surface area contributed by atoms with Gasteiger partial charge in [-0.05, 0) is 12.1 Å². The molecule has 0 N–H and O–H groups in total. The molecule has 0 amide bonds. The number of carboxylic acid groups (broad SMARTS) is 1. The van der Waals surface area contributed by atoms with Gasteiger partial charge in [0.25, 0.3) is 0 Å². The first-order chi connectivity index (χ1) is 7.20. The highest BCUT2D eigenvalue weighted by molar-refractivity contribution is 5.81. The minimum atomic E-state index is -1.41. The van der Waals surface area contributed by atoms with E-state index >= 15 is 0 Å². The van der Waals surface area contributed by atoms with Gasteiger partial charge in [0, 0.05) is 0 Å². The minimum absolute atomic E-state index is 0.127.